The Morgan fingerprint density at radius 2 is 1.44 bits per heavy atom. The maximum atomic E-state index is 9.90. The van der Waals surface area contributed by atoms with Crippen LogP contribution in [-0.4, -0.2) is 59.4 Å². The second-order valence-electron chi connectivity index (χ2n) is 6.28. The fourth-order valence-electron chi connectivity index (χ4n) is 2.89. The summed E-state index contributed by atoms with van der Waals surface area (Å²) in [5.74, 6) is 0. The number of nitrogens with one attached hydrogen (secondary N) is 2. The van der Waals surface area contributed by atoms with E-state index >= 15 is 0 Å². The highest BCUT2D eigenvalue weighted by Crippen LogP contribution is 2.35. The monoisotopic (exact) mass is 376 g/mol. The van der Waals surface area contributed by atoms with Gasteiger partial charge in [0.05, 0.1) is 25.9 Å². The molecule has 0 fully saturated rings. The van der Waals surface area contributed by atoms with Crippen molar-refractivity contribution in [1.82, 2.24) is 0 Å². The quantitative estimate of drug-likeness (QED) is 0.274. The average molecular weight is 376 g/mol. The number of hydrogen-bond acceptors (Lipinski definition) is 8. The van der Waals surface area contributed by atoms with Gasteiger partial charge >= 0.3 is 0 Å². The van der Waals surface area contributed by atoms with E-state index in [0.29, 0.717) is 30.0 Å². The Bertz CT molecular complexity index is 728. The van der Waals surface area contributed by atoms with Crippen LogP contribution in [0.1, 0.15) is 5.56 Å². The van der Waals surface area contributed by atoms with Crippen LogP contribution in [0.4, 0.5) is 22.7 Å². The molecular weight excluding hydrogens is 348 g/mol. The molecule has 2 aromatic carbocycles. The Kier molecular flexibility index (Phi) is 7.68. The largest absolute Gasteiger partial charge is 0.399 e. The predicted molar refractivity (Wildman–Crippen MR) is 109 cm³/mol. The van der Waals surface area contributed by atoms with Crippen molar-refractivity contribution in [3.63, 3.8) is 0 Å². The molecule has 0 aromatic heterocycles. The second kappa shape index (κ2) is 9.98. The summed E-state index contributed by atoms with van der Waals surface area (Å²) in [7, 11) is 0. The van der Waals surface area contributed by atoms with Crippen LogP contribution in [-0.2, 0) is 6.42 Å². The second-order valence-corrected chi connectivity index (χ2v) is 6.28. The van der Waals surface area contributed by atoms with Crippen LogP contribution in [0.25, 0.3) is 11.1 Å². The minimum Gasteiger partial charge on any atom is -0.399 e. The van der Waals surface area contributed by atoms with Crippen LogP contribution in [0.5, 0.6) is 0 Å². The summed E-state index contributed by atoms with van der Waals surface area (Å²) < 4.78 is 0. The van der Waals surface area contributed by atoms with Crippen LogP contribution in [0.15, 0.2) is 30.3 Å². The van der Waals surface area contributed by atoms with Gasteiger partial charge in [0.25, 0.3) is 0 Å². The van der Waals surface area contributed by atoms with Gasteiger partial charge in [-0.2, -0.15) is 0 Å². The number of aliphatic hydroxyl groups is 4. The van der Waals surface area contributed by atoms with Gasteiger partial charge in [-0.1, -0.05) is 0 Å². The number of aliphatic hydroxyl groups excluding tert-OH is 4. The first kappa shape index (κ1) is 20.8. The summed E-state index contributed by atoms with van der Waals surface area (Å²) in [4.78, 5) is 0. The molecule has 0 amide bonds. The normalized spacial score (nSPS) is 12.0. The number of nitrogen functional groups attached to an aromatic ring is 2. The summed E-state index contributed by atoms with van der Waals surface area (Å²) in [6.45, 7) is 0.381. The first-order valence-electron chi connectivity index (χ1n) is 8.80. The van der Waals surface area contributed by atoms with Crippen LogP contribution >= 0.6 is 0 Å². The summed E-state index contributed by atoms with van der Waals surface area (Å²) in [5.41, 5.74) is 16.8. The number of hydrogen-bond donors (Lipinski definition) is 8. The van der Waals surface area contributed by atoms with E-state index in [1.54, 1.807) is 12.1 Å². The zero-order valence-electron chi connectivity index (χ0n) is 15.2. The average Bonchev–Trinajstić information content (AvgIpc) is 2.66. The molecule has 8 heteroatoms. The Hall–Kier alpha value is -2.52. The third-order valence-corrected chi connectivity index (χ3v) is 4.08. The van der Waals surface area contributed by atoms with Gasteiger partial charge in [-0.05, 0) is 47.0 Å². The Morgan fingerprint density at radius 1 is 0.852 bits per heavy atom. The molecule has 27 heavy (non-hydrogen) atoms. The fraction of sp³-hybridized carbons (Fsp3) is 0.368. The maximum absolute atomic E-state index is 9.90. The third kappa shape index (κ3) is 5.73. The molecule has 8 nitrogen and oxygen atoms in total. The van der Waals surface area contributed by atoms with Gasteiger partial charge < -0.3 is 42.5 Å². The summed E-state index contributed by atoms with van der Waals surface area (Å²) in [5, 5.41) is 43.5. The van der Waals surface area contributed by atoms with Gasteiger partial charge in [0.1, 0.15) is 0 Å². The molecule has 1 unspecified atom stereocenters. The number of nitrogens with two attached hydrogens (primary N) is 2. The molecule has 0 aliphatic heterocycles. The topological polar surface area (TPSA) is 157 Å². The van der Waals surface area contributed by atoms with E-state index in [9.17, 15) is 10.2 Å². The molecule has 0 spiro atoms. The van der Waals surface area contributed by atoms with Crippen LogP contribution < -0.4 is 22.1 Å². The highest BCUT2D eigenvalue weighted by Gasteiger charge is 2.15. The summed E-state index contributed by atoms with van der Waals surface area (Å²) >= 11 is 0. The lowest BCUT2D eigenvalue weighted by Gasteiger charge is -2.18. The van der Waals surface area contributed by atoms with Crippen molar-refractivity contribution in [2.24, 2.45) is 0 Å². The Labute approximate surface area is 158 Å². The highest BCUT2D eigenvalue weighted by molar-refractivity contribution is 5.81. The first-order valence-corrected chi connectivity index (χ1v) is 8.80. The minimum absolute atomic E-state index is 0.0111. The lowest BCUT2D eigenvalue weighted by atomic mass is 9.93. The van der Waals surface area contributed by atoms with Gasteiger partial charge in [0, 0.05) is 42.3 Å². The SMILES string of the molecule is Nc1cc(N)c(CC(O)CO)c(-c2cc(NCCO)cc(NCCO)c2)c1. The molecule has 0 saturated heterocycles. The molecule has 0 bridgehead atoms. The van der Waals surface area contributed by atoms with E-state index in [-0.39, 0.29) is 26.2 Å². The molecule has 0 saturated carbocycles. The number of rotatable bonds is 10. The predicted octanol–water partition coefficient (Wildman–Crippen LogP) is 0.222. The van der Waals surface area contributed by atoms with E-state index in [1.165, 1.54) is 0 Å². The molecular formula is C19H28N4O4. The van der Waals surface area contributed by atoms with E-state index in [4.69, 9.17) is 21.7 Å². The van der Waals surface area contributed by atoms with Gasteiger partial charge in [-0.25, -0.2) is 0 Å². The van der Waals surface area contributed by atoms with Crippen molar-refractivity contribution in [3.05, 3.63) is 35.9 Å². The van der Waals surface area contributed by atoms with Gasteiger partial charge in [-0.15, -0.1) is 0 Å². The molecule has 0 heterocycles. The number of anilines is 4. The van der Waals surface area contributed by atoms with Gasteiger partial charge in [0.2, 0.25) is 0 Å². The van der Waals surface area contributed by atoms with Crippen LogP contribution in [0.2, 0.25) is 0 Å². The molecule has 2 rings (SSSR count). The maximum Gasteiger partial charge on any atom is 0.0812 e. The molecule has 2 aromatic rings. The van der Waals surface area contributed by atoms with E-state index in [1.807, 2.05) is 18.2 Å². The molecule has 0 aliphatic rings. The lowest BCUT2D eigenvalue weighted by molar-refractivity contribution is 0.0957. The molecule has 10 N–H and O–H groups in total. The fourth-order valence-corrected chi connectivity index (χ4v) is 2.89. The molecule has 148 valence electrons. The first-order chi connectivity index (χ1) is 13.0. The summed E-state index contributed by atoms with van der Waals surface area (Å²) in [6.07, 6.45) is -0.747. The van der Waals surface area contributed by atoms with Crippen LogP contribution in [0.3, 0.4) is 0 Å². The Morgan fingerprint density at radius 3 is 1.96 bits per heavy atom. The van der Waals surface area contributed by atoms with Crippen LogP contribution in [0, 0.1) is 0 Å². The zero-order chi connectivity index (χ0) is 19.8. The van der Waals surface area contributed by atoms with E-state index in [2.05, 4.69) is 10.6 Å². The zero-order valence-corrected chi connectivity index (χ0v) is 15.2. The molecule has 1 atom stereocenters. The number of benzene rings is 2. The third-order valence-electron chi connectivity index (χ3n) is 4.08. The lowest BCUT2D eigenvalue weighted by Crippen LogP contribution is -2.17. The summed E-state index contributed by atoms with van der Waals surface area (Å²) in [6, 6.07) is 9.05. The standard InChI is InChI=1S/C19H28N4O4/c20-13-7-17(18(19(21)8-13)10-16(27)11-26)12-5-14(22-1-3-24)9-15(6-12)23-2-4-25/h5-9,16,22-27H,1-4,10-11,20-21H2. The van der Waals surface area contributed by atoms with Crippen molar-refractivity contribution in [3.8, 4) is 11.1 Å². The van der Waals surface area contributed by atoms with Crippen molar-refractivity contribution < 1.29 is 20.4 Å². The van der Waals surface area contributed by atoms with Crippen molar-refractivity contribution in [1.29, 1.82) is 0 Å². The van der Waals surface area contributed by atoms with Gasteiger partial charge in [0.15, 0.2) is 0 Å². The molecule has 0 radical (unpaired) electrons. The van der Waals surface area contributed by atoms with Crippen molar-refractivity contribution in [2.45, 2.75) is 12.5 Å². The van der Waals surface area contributed by atoms with Crippen molar-refractivity contribution >= 4 is 22.7 Å². The van der Waals surface area contributed by atoms with E-state index in [0.717, 1.165) is 22.5 Å². The smallest absolute Gasteiger partial charge is 0.0812 e. The van der Waals surface area contributed by atoms with Gasteiger partial charge in [-0.3, -0.25) is 0 Å². The van der Waals surface area contributed by atoms with Crippen molar-refractivity contribution in [2.75, 3.05) is 55.0 Å². The Balaban J connectivity index is 2.53. The molecule has 0 aliphatic carbocycles. The highest BCUT2D eigenvalue weighted by atomic mass is 16.3. The van der Waals surface area contributed by atoms with E-state index < -0.39 is 6.10 Å². The minimum atomic E-state index is -0.933.